The zero-order valence-electron chi connectivity index (χ0n) is 11.0. The van der Waals surface area contributed by atoms with Crippen molar-refractivity contribution in [2.75, 3.05) is 13.1 Å². The molecule has 1 heterocycles. The van der Waals surface area contributed by atoms with Gasteiger partial charge in [-0.3, -0.25) is 9.79 Å². The van der Waals surface area contributed by atoms with E-state index in [1.54, 1.807) is 11.8 Å². The number of hydrogen-bond acceptors (Lipinski definition) is 3. The summed E-state index contributed by atoms with van der Waals surface area (Å²) in [5.41, 5.74) is 0. The van der Waals surface area contributed by atoms with Crippen LogP contribution in [0.4, 0.5) is 0 Å². The van der Waals surface area contributed by atoms with E-state index >= 15 is 0 Å². The molecule has 1 saturated heterocycles. The Bertz CT molecular complexity index is 269. The van der Waals surface area contributed by atoms with Gasteiger partial charge in [-0.15, -0.1) is 0 Å². The van der Waals surface area contributed by atoms with Crippen LogP contribution in [-0.2, 0) is 4.79 Å². The second kappa shape index (κ2) is 7.58. The molecule has 1 amide bonds. The lowest BCUT2D eigenvalue weighted by Gasteiger charge is -2.26. The lowest BCUT2D eigenvalue weighted by atomic mass is 10.2. The highest BCUT2D eigenvalue weighted by atomic mass is 32.2. The maximum absolute atomic E-state index is 11.4. The molecule has 4 nitrogen and oxygen atoms in total. The van der Waals surface area contributed by atoms with Crippen molar-refractivity contribution in [1.82, 2.24) is 10.6 Å². The lowest BCUT2D eigenvalue weighted by Crippen LogP contribution is -2.38. The minimum absolute atomic E-state index is 0.0955. The molecule has 17 heavy (non-hydrogen) atoms. The molecule has 5 heteroatoms. The molecule has 1 aliphatic heterocycles. The van der Waals surface area contributed by atoms with Gasteiger partial charge in [-0.05, 0) is 19.8 Å². The molecule has 2 unspecified atom stereocenters. The maximum atomic E-state index is 11.4. The summed E-state index contributed by atoms with van der Waals surface area (Å²) < 4.78 is 0. The Morgan fingerprint density at radius 2 is 2.35 bits per heavy atom. The lowest BCUT2D eigenvalue weighted by molar-refractivity contribution is -0.120. The monoisotopic (exact) mass is 257 g/mol. The van der Waals surface area contributed by atoms with E-state index in [0.717, 1.165) is 18.1 Å². The van der Waals surface area contributed by atoms with Gasteiger partial charge in [-0.1, -0.05) is 25.6 Å². The van der Waals surface area contributed by atoms with E-state index < -0.39 is 0 Å². The van der Waals surface area contributed by atoms with Crippen molar-refractivity contribution in [3.63, 3.8) is 0 Å². The Morgan fingerprint density at radius 1 is 1.59 bits per heavy atom. The van der Waals surface area contributed by atoms with Crippen molar-refractivity contribution in [3.05, 3.63) is 0 Å². The molecule has 2 atom stereocenters. The summed E-state index contributed by atoms with van der Waals surface area (Å²) in [6, 6.07) is 0.485. The molecule has 1 aliphatic rings. The molecule has 2 N–H and O–H groups in total. The fourth-order valence-corrected chi connectivity index (χ4v) is 2.94. The SMILES string of the molecule is CCCNC(=O)CCN=C1NC(C)CC(C)S1. The van der Waals surface area contributed by atoms with E-state index in [1.165, 1.54) is 6.42 Å². The molecule has 0 saturated carbocycles. The first-order chi connectivity index (χ1) is 8.11. The molecule has 98 valence electrons. The molecule has 0 aromatic heterocycles. The highest BCUT2D eigenvalue weighted by Gasteiger charge is 2.19. The fourth-order valence-electron chi connectivity index (χ4n) is 1.74. The van der Waals surface area contributed by atoms with Crippen LogP contribution in [0.25, 0.3) is 0 Å². The van der Waals surface area contributed by atoms with Crippen LogP contribution in [0.5, 0.6) is 0 Å². The van der Waals surface area contributed by atoms with Gasteiger partial charge >= 0.3 is 0 Å². The van der Waals surface area contributed by atoms with Crippen molar-refractivity contribution < 1.29 is 4.79 Å². The van der Waals surface area contributed by atoms with Gasteiger partial charge in [-0.25, -0.2) is 0 Å². The number of rotatable bonds is 5. The third kappa shape index (κ3) is 5.96. The van der Waals surface area contributed by atoms with E-state index in [1.807, 2.05) is 6.92 Å². The first-order valence-corrected chi connectivity index (χ1v) is 7.24. The first-order valence-electron chi connectivity index (χ1n) is 6.36. The molecule has 0 radical (unpaired) electrons. The average Bonchev–Trinajstić information content (AvgIpc) is 2.25. The highest BCUT2D eigenvalue weighted by molar-refractivity contribution is 8.14. The zero-order valence-corrected chi connectivity index (χ0v) is 11.8. The maximum Gasteiger partial charge on any atom is 0.221 e. The summed E-state index contributed by atoms with van der Waals surface area (Å²) in [5.74, 6) is 0.0955. The summed E-state index contributed by atoms with van der Waals surface area (Å²) >= 11 is 1.77. The Balaban J connectivity index is 2.25. The predicted octanol–water partition coefficient (Wildman–Crippen LogP) is 1.76. The second-order valence-electron chi connectivity index (χ2n) is 4.50. The zero-order chi connectivity index (χ0) is 12.7. The second-order valence-corrected chi connectivity index (χ2v) is 5.92. The van der Waals surface area contributed by atoms with E-state index in [9.17, 15) is 4.79 Å². The van der Waals surface area contributed by atoms with Gasteiger partial charge in [0.05, 0.1) is 6.54 Å². The predicted molar refractivity (Wildman–Crippen MR) is 74.5 cm³/mol. The number of carbonyl (C=O) groups is 1. The topological polar surface area (TPSA) is 53.5 Å². The molecule has 0 aromatic rings. The summed E-state index contributed by atoms with van der Waals surface area (Å²) in [7, 11) is 0. The Hall–Kier alpha value is -0.710. The molecule has 1 rings (SSSR count). The molecular formula is C12H23N3OS. The van der Waals surface area contributed by atoms with E-state index in [-0.39, 0.29) is 5.91 Å². The quantitative estimate of drug-likeness (QED) is 0.789. The summed E-state index contributed by atoms with van der Waals surface area (Å²) in [4.78, 5) is 15.8. The van der Waals surface area contributed by atoms with Crippen molar-refractivity contribution >= 4 is 22.8 Å². The minimum atomic E-state index is 0.0955. The smallest absolute Gasteiger partial charge is 0.221 e. The number of nitrogens with zero attached hydrogens (tertiary/aromatic N) is 1. The average molecular weight is 257 g/mol. The number of carbonyl (C=O) groups excluding carboxylic acids is 1. The number of nitrogens with one attached hydrogen (secondary N) is 2. The van der Waals surface area contributed by atoms with Crippen molar-refractivity contribution in [2.24, 2.45) is 4.99 Å². The van der Waals surface area contributed by atoms with E-state index in [2.05, 4.69) is 29.5 Å². The summed E-state index contributed by atoms with van der Waals surface area (Å²) in [6.07, 6.45) is 2.63. The van der Waals surface area contributed by atoms with Crippen LogP contribution in [-0.4, -0.2) is 35.5 Å². The van der Waals surface area contributed by atoms with Gasteiger partial charge in [-0.2, -0.15) is 0 Å². The molecule has 0 aromatic carbocycles. The molecular weight excluding hydrogens is 234 g/mol. The normalized spacial score (nSPS) is 26.6. The Morgan fingerprint density at radius 3 is 3.00 bits per heavy atom. The first kappa shape index (κ1) is 14.4. The van der Waals surface area contributed by atoms with Crippen LogP contribution in [0, 0.1) is 0 Å². The van der Waals surface area contributed by atoms with Crippen LogP contribution in [0.15, 0.2) is 4.99 Å². The van der Waals surface area contributed by atoms with Gasteiger partial charge in [0.15, 0.2) is 5.17 Å². The van der Waals surface area contributed by atoms with Gasteiger partial charge in [0.2, 0.25) is 5.91 Å². The van der Waals surface area contributed by atoms with E-state index in [0.29, 0.717) is 24.3 Å². The van der Waals surface area contributed by atoms with Gasteiger partial charge in [0.25, 0.3) is 0 Å². The van der Waals surface area contributed by atoms with E-state index in [4.69, 9.17) is 0 Å². The highest BCUT2D eigenvalue weighted by Crippen LogP contribution is 2.22. The largest absolute Gasteiger partial charge is 0.362 e. The van der Waals surface area contributed by atoms with Crippen LogP contribution in [0.1, 0.15) is 40.0 Å². The summed E-state index contributed by atoms with van der Waals surface area (Å²) in [5, 5.41) is 7.79. The minimum Gasteiger partial charge on any atom is -0.362 e. The molecule has 0 bridgehead atoms. The third-order valence-corrected chi connectivity index (χ3v) is 3.60. The molecule has 0 aliphatic carbocycles. The standard InChI is InChI=1S/C12H23N3OS/c1-4-6-13-11(16)5-7-14-12-15-9(2)8-10(3)17-12/h9-10H,4-8H2,1-3H3,(H,13,16)(H,14,15). The van der Waals surface area contributed by atoms with Gasteiger partial charge in [0, 0.05) is 24.3 Å². The van der Waals surface area contributed by atoms with Crippen LogP contribution in [0.3, 0.4) is 0 Å². The van der Waals surface area contributed by atoms with Gasteiger partial charge in [0.1, 0.15) is 0 Å². The third-order valence-electron chi connectivity index (χ3n) is 2.53. The van der Waals surface area contributed by atoms with Gasteiger partial charge < -0.3 is 10.6 Å². The van der Waals surface area contributed by atoms with Crippen molar-refractivity contribution in [2.45, 2.75) is 51.3 Å². The number of amides is 1. The van der Waals surface area contributed by atoms with Crippen molar-refractivity contribution in [3.8, 4) is 0 Å². The number of hydrogen-bond donors (Lipinski definition) is 2. The van der Waals surface area contributed by atoms with Crippen LogP contribution < -0.4 is 10.6 Å². The van der Waals surface area contributed by atoms with Crippen LogP contribution >= 0.6 is 11.8 Å². The fraction of sp³-hybridized carbons (Fsp3) is 0.833. The number of thioether (sulfide) groups is 1. The number of aliphatic imine (C=N–C) groups is 1. The molecule has 0 spiro atoms. The molecule has 1 fully saturated rings. The summed E-state index contributed by atoms with van der Waals surface area (Å²) in [6.45, 7) is 7.76. The van der Waals surface area contributed by atoms with Crippen molar-refractivity contribution in [1.29, 1.82) is 0 Å². The number of amidine groups is 1. The Kier molecular flexibility index (Phi) is 6.40. The van der Waals surface area contributed by atoms with Crippen LogP contribution in [0.2, 0.25) is 0 Å². The Labute approximate surface area is 108 Å².